The highest BCUT2D eigenvalue weighted by molar-refractivity contribution is 6.59. The van der Waals surface area contributed by atoms with Gasteiger partial charge in [-0.3, -0.25) is 9.63 Å². The highest BCUT2D eigenvalue weighted by Gasteiger charge is 2.34. The van der Waals surface area contributed by atoms with E-state index in [1.165, 1.54) is 0 Å². The van der Waals surface area contributed by atoms with Crippen molar-refractivity contribution in [3.8, 4) is 0 Å². The number of halogens is 3. The molecular formula is C16H24Cl3NO2Si. The number of hydrogen-bond donors (Lipinski definition) is 1. The van der Waals surface area contributed by atoms with E-state index in [4.69, 9.17) is 39.4 Å². The highest BCUT2D eigenvalue weighted by atomic mass is 35.5. The van der Waals surface area contributed by atoms with Crippen molar-refractivity contribution in [3.63, 3.8) is 0 Å². The molecule has 1 aromatic carbocycles. The van der Waals surface area contributed by atoms with Gasteiger partial charge in [0.25, 0.3) is 5.91 Å². The smallest absolute Gasteiger partial charge is 0.271 e. The van der Waals surface area contributed by atoms with E-state index in [9.17, 15) is 4.79 Å². The zero-order valence-corrected chi connectivity index (χ0v) is 17.5. The highest BCUT2D eigenvalue weighted by Crippen LogP contribution is 2.37. The zero-order chi connectivity index (χ0) is 17.8. The second kappa shape index (κ2) is 8.21. The van der Waals surface area contributed by atoms with Crippen LogP contribution in [-0.2, 0) is 15.6 Å². The molecule has 0 heterocycles. The number of nitrogens with one attached hydrogen (secondary N) is 1. The van der Waals surface area contributed by atoms with E-state index in [0.717, 1.165) is 11.1 Å². The first kappa shape index (κ1) is 20.8. The van der Waals surface area contributed by atoms with Crippen molar-refractivity contribution < 1.29 is 9.22 Å². The molecule has 0 radical (unpaired) electrons. The van der Waals surface area contributed by atoms with Crippen molar-refractivity contribution in [3.05, 3.63) is 35.4 Å². The van der Waals surface area contributed by atoms with Crippen LogP contribution in [0.1, 0.15) is 38.0 Å². The summed E-state index contributed by atoms with van der Waals surface area (Å²) < 4.78 is 4.62. The third-order valence-electron chi connectivity index (χ3n) is 3.29. The minimum atomic E-state index is -1.61. The summed E-state index contributed by atoms with van der Waals surface area (Å²) in [6.45, 7) is 10.7. The second-order valence-corrected chi connectivity index (χ2v) is 11.0. The lowest BCUT2D eigenvalue weighted by Gasteiger charge is -2.33. The van der Waals surface area contributed by atoms with Crippen LogP contribution in [0.15, 0.2) is 24.3 Å². The quantitative estimate of drug-likeness (QED) is 0.427. The van der Waals surface area contributed by atoms with Crippen LogP contribution in [0.4, 0.5) is 0 Å². The van der Waals surface area contributed by atoms with Crippen molar-refractivity contribution in [2.24, 2.45) is 5.41 Å². The van der Waals surface area contributed by atoms with Crippen LogP contribution in [0.5, 0.6) is 0 Å². The maximum Gasteiger partial charge on any atom is 0.271 e. The minimum absolute atomic E-state index is 0.0176. The maximum absolute atomic E-state index is 11.6. The average Bonchev–Trinajstić information content (AvgIpc) is 2.42. The summed E-state index contributed by atoms with van der Waals surface area (Å²) in [7, 11) is -1.21. The molecule has 0 bridgehead atoms. The molecule has 0 aliphatic carbocycles. The van der Waals surface area contributed by atoms with E-state index >= 15 is 0 Å². The lowest BCUT2D eigenvalue weighted by atomic mass is 9.84. The van der Waals surface area contributed by atoms with Gasteiger partial charge < -0.3 is 4.43 Å². The van der Waals surface area contributed by atoms with Crippen LogP contribution in [-0.4, -0.2) is 19.3 Å². The van der Waals surface area contributed by atoms with Gasteiger partial charge >= 0.3 is 0 Å². The second-order valence-electron chi connectivity index (χ2n) is 6.98. The number of carbonyl (C=O) groups excluding carboxylic acids is 1. The molecule has 7 heteroatoms. The van der Waals surface area contributed by atoms with Gasteiger partial charge in [-0.1, -0.05) is 68.2 Å². The molecule has 0 aromatic heterocycles. The summed E-state index contributed by atoms with van der Waals surface area (Å²) in [5.74, 6) is -0.633. The molecule has 23 heavy (non-hydrogen) atoms. The molecule has 1 rings (SSSR count). The first-order valence-corrected chi connectivity index (χ1v) is 11.4. The van der Waals surface area contributed by atoms with E-state index in [1.807, 2.05) is 29.1 Å². The fourth-order valence-electron chi connectivity index (χ4n) is 2.33. The van der Waals surface area contributed by atoms with Crippen molar-refractivity contribution in [2.75, 3.05) is 0 Å². The Bertz CT molecular complexity index is 544. The average molecular weight is 397 g/mol. The normalized spacial score (nSPS) is 14.0. The van der Waals surface area contributed by atoms with Crippen molar-refractivity contribution >= 4 is 49.9 Å². The summed E-state index contributed by atoms with van der Waals surface area (Å²) in [5, 5.41) is 0. The molecule has 3 nitrogen and oxygen atoms in total. The summed E-state index contributed by atoms with van der Waals surface area (Å²) in [6.07, 6.45) is 0.148. The number of alkyl halides is 2. The Labute approximate surface area is 155 Å². The van der Waals surface area contributed by atoms with Crippen LogP contribution in [0.25, 0.3) is 0 Å². The Morgan fingerprint density at radius 2 is 1.91 bits per heavy atom. The Morgan fingerprint density at radius 3 is 2.39 bits per heavy atom. The van der Waals surface area contributed by atoms with Crippen LogP contribution in [0.3, 0.4) is 0 Å². The molecule has 1 N–H and O–H groups in total. The molecule has 1 amide bonds. The Hall–Kier alpha value is -0.263. The molecule has 0 spiro atoms. The summed E-state index contributed by atoms with van der Waals surface area (Å²) >= 11 is 17.5. The SMILES string of the molecule is C[SiH](C)OC(c1cccc(CC(Cl)(Cl)C(=O)NCl)c1)C(C)(C)C. The molecule has 0 aliphatic rings. The molecule has 0 saturated carbocycles. The predicted molar refractivity (Wildman–Crippen MR) is 101 cm³/mol. The fourth-order valence-corrected chi connectivity index (χ4v) is 4.10. The van der Waals surface area contributed by atoms with Crippen molar-refractivity contribution in [1.29, 1.82) is 0 Å². The van der Waals surface area contributed by atoms with E-state index < -0.39 is 19.3 Å². The van der Waals surface area contributed by atoms with E-state index in [0.29, 0.717) is 0 Å². The van der Waals surface area contributed by atoms with Crippen LogP contribution < -0.4 is 4.84 Å². The molecule has 130 valence electrons. The molecular weight excluding hydrogens is 373 g/mol. The third-order valence-corrected chi connectivity index (χ3v) is 4.89. The molecule has 1 aromatic rings. The summed E-state index contributed by atoms with van der Waals surface area (Å²) in [4.78, 5) is 13.6. The molecule has 0 aliphatic heterocycles. The zero-order valence-electron chi connectivity index (χ0n) is 14.1. The number of hydrogen-bond acceptors (Lipinski definition) is 2. The van der Waals surface area contributed by atoms with Gasteiger partial charge in [0.15, 0.2) is 9.04 Å². The van der Waals surface area contributed by atoms with E-state index in [1.54, 1.807) is 0 Å². The lowest BCUT2D eigenvalue weighted by Crippen LogP contribution is -2.35. The van der Waals surface area contributed by atoms with Crippen molar-refractivity contribution in [1.82, 2.24) is 4.84 Å². The van der Waals surface area contributed by atoms with Crippen molar-refractivity contribution in [2.45, 2.75) is 50.7 Å². The first-order chi connectivity index (χ1) is 10.5. The lowest BCUT2D eigenvalue weighted by molar-refractivity contribution is -0.120. The van der Waals surface area contributed by atoms with Gasteiger partial charge in [-0.25, -0.2) is 0 Å². The van der Waals surface area contributed by atoms with Crippen LogP contribution >= 0.6 is 35.0 Å². The molecule has 0 fully saturated rings. The molecule has 1 atom stereocenters. The Morgan fingerprint density at radius 1 is 1.30 bits per heavy atom. The van der Waals surface area contributed by atoms with E-state index in [-0.39, 0.29) is 17.9 Å². The largest absolute Gasteiger partial charge is 0.413 e. The standard InChI is InChI=1S/C16H24Cl3NO2Si/c1-15(2,3)13(22-23(4)5)12-8-6-7-11(9-12)10-16(17,18)14(21)20-19/h6-9,13,23H,10H2,1-5H3,(H,20,21). The number of carbonyl (C=O) groups is 1. The third kappa shape index (κ3) is 6.27. The van der Waals surface area contributed by atoms with Crippen LogP contribution in [0.2, 0.25) is 13.1 Å². The van der Waals surface area contributed by atoms with Crippen LogP contribution in [0, 0.1) is 5.41 Å². The number of benzene rings is 1. The first-order valence-electron chi connectivity index (χ1n) is 7.50. The van der Waals surface area contributed by atoms with Gasteiger partial charge in [0.1, 0.15) is 0 Å². The summed E-state index contributed by atoms with van der Waals surface area (Å²) in [6, 6.07) is 7.84. The van der Waals surface area contributed by atoms with Gasteiger partial charge in [0.2, 0.25) is 4.33 Å². The minimum Gasteiger partial charge on any atom is -0.413 e. The Balaban J connectivity index is 3.09. The topological polar surface area (TPSA) is 38.3 Å². The number of amides is 1. The van der Waals surface area contributed by atoms with Gasteiger partial charge in [-0.2, -0.15) is 0 Å². The van der Waals surface area contributed by atoms with Gasteiger partial charge in [-0.05, 0) is 29.6 Å². The van der Waals surface area contributed by atoms with Gasteiger partial charge in [0.05, 0.1) is 6.10 Å². The Kier molecular flexibility index (Phi) is 7.42. The van der Waals surface area contributed by atoms with Gasteiger partial charge in [-0.15, -0.1) is 0 Å². The number of rotatable bonds is 6. The van der Waals surface area contributed by atoms with E-state index in [2.05, 4.69) is 33.9 Å². The van der Waals surface area contributed by atoms with Gasteiger partial charge in [0, 0.05) is 18.2 Å². The molecule has 0 saturated heterocycles. The summed E-state index contributed by atoms with van der Waals surface area (Å²) in [5.41, 5.74) is 1.88. The molecule has 1 unspecified atom stereocenters. The predicted octanol–water partition coefficient (Wildman–Crippen LogP) is 4.76. The fraction of sp³-hybridized carbons (Fsp3) is 0.562. The monoisotopic (exact) mass is 395 g/mol. The maximum atomic E-state index is 11.6.